The SMILES string of the molecule is CCNC(Cc1cc(OC)ccc1Br)CC(C)(C)C. The van der Waals surface area contributed by atoms with E-state index in [9.17, 15) is 0 Å². The Morgan fingerprint density at radius 3 is 2.53 bits per heavy atom. The molecule has 0 saturated heterocycles. The van der Waals surface area contributed by atoms with Gasteiger partial charge in [0.05, 0.1) is 7.11 Å². The van der Waals surface area contributed by atoms with E-state index in [2.05, 4.69) is 61.1 Å². The van der Waals surface area contributed by atoms with Crippen LogP contribution in [0.2, 0.25) is 0 Å². The lowest BCUT2D eigenvalue weighted by atomic mass is 9.86. The number of methoxy groups -OCH3 is 1. The fourth-order valence-electron chi connectivity index (χ4n) is 2.34. The highest BCUT2D eigenvalue weighted by Crippen LogP contribution is 2.27. The Morgan fingerprint density at radius 1 is 1.32 bits per heavy atom. The van der Waals surface area contributed by atoms with Gasteiger partial charge >= 0.3 is 0 Å². The zero-order chi connectivity index (χ0) is 14.5. The lowest BCUT2D eigenvalue weighted by Crippen LogP contribution is -2.34. The Morgan fingerprint density at radius 2 is 2.00 bits per heavy atom. The van der Waals surface area contributed by atoms with Gasteiger partial charge in [-0.1, -0.05) is 43.6 Å². The van der Waals surface area contributed by atoms with E-state index in [-0.39, 0.29) is 0 Å². The average molecular weight is 328 g/mol. The van der Waals surface area contributed by atoms with Gasteiger partial charge in [-0.05, 0) is 48.6 Å². The quantitative estimate of drug-likeness (QED) is 0.835. The van der Waals surface area contributed by atoms with Crippen LogP contribution >= 0.6 is 15.9 Å². The second-order valence-corrected chi connectivity index (χ2v) is 7.04. The minimum absolute atomic E-state index is 0.332. The first-order valence-electron chi connectivity index (χ1n) is 6.91. The van der Waals surface area contributed by atoms with Crippen molar-refractivity contribution < 1.29 is 4.74 Å². The number of nitrogens with one attached hydrogen (secondary N) is 1. The van der Waals surface area contributed by atoms with Crippen LogP contribution in [-0.4, -0.2) is 19.7 Å². The molecule has 108 valence electrons. The molecule has 1 aromatic rings. The zero-order valence-corrected chi connectivity index (χ0v) is 14.3. The number of likely N-dealkylation sites (N-methyl/N-ethyl adjacent to an activating group) is 1. The second kappa shape index (κ2) is 7.30. The fourth-order valence-corrected chi connectivity index (χ4v) is 2.75. The Labute approximate surface area is 126 Å². The summed E-state index contributed by atoms with van der Waals surface area (Å²) >= 11 is 3.64. The molecular weight excluding hydrogens is 302 g/mol. The maximum Gasteiger partial charge on any atom is 0.119 e. The minimum Gasteiger partial charge on any atom is -0.497 e. The van der Waals surface area contributed by atoms with Crippen LogP contribution in [0.15, 0.2) is 22.7 Å². The van der Waals surface area contributed by atoms with E-state index in [0.29, 0.717) is 11.5 Å². The molecular formula is C16H26BrNO. The van der Waals surface area contributed by atoms with Gasteiger partial charge in [-0.2, -0.15) is 0 Å². The van der Waals surface area contributed by atoms with E-state index in [1.807, 2.05) is 6.07 Å². The van der Waals surface area contributed by atoms with E-state index >= 15 is 0 Å². The molecule has 0 spiro atoms. The third-order valence-electron chi connectivity index (χ3n) is 3.07. The van der Waals surface area contributed by atoms with Crippen molar-refractivity contribution in [2.75, 3.05) is 13.7 Å². The standard InChI is InChI=1S/C16H26BrNO/c1-6-18-13(11-16(2,3)4)9-12-10-14(19-5)7-8-15(12)17/h7-8,10,13,18H,6,9,11H2,1-5H3. The van der Waals surface area contributed by atoms with Gasteiger partial charge in [0.25, 0.3) is 0 Å². The molecule has 2 nitrogen and oxygen atoms in total. The molecule has 0 aromatic heterocycles. The van der Waals surface area contributed by atoms with Crippen LogP contribution in [0.1, 0.15) is 39.7 Å². The van der Waals surface area contributed by atoms with Crippen LogP contribution in [0.4, 0.5) is 0 Å². The largest absolute Gasteiger partial charge is 0.497 e. The topological polar surface area (TPSA) is 21.3 Å². The van der Waals surface area contributed by atoms with E-state index in [1.54, 1.807) is 7.11 Å². The first-order chi connectivity index (χ1) is 8.85. The third-order valence-corrected chi connectivity index (χ3v) is 3.84. The molecule has 0 amide bonds. The first-order valence-corrected chi connectivity index (χ1v) is 7.71. The van der Waals surface area contributed by atoms with Crippen molar-refractivity contribution in [1.82, 2.24) is 5.32 Å². The van der Waals surface area contributed by atoms with Crippen molar-refractivity contribution in [3.05, 3.63) is 28.2 Å². The predicted molar refractivity (Wildman–Crippen MR) is 85.9 cm³/mol. The van der Waals surface area contributed by atoms with Crippen molar-refractivity contribution in [2.45, 2.75) is 46.6 Å². The van der Waals surface area contributed by atoms with Gasteiger partial charge in [0.15, 0.2) is 0 Å². The molecule has 0 saturated carbocycles. The molecule has 0 bridgehead atoms. The molecule has 1 unspecified atom stereocenters. The molecule has 1 N–H and O–H groups in total. The molecule has 1 atom stereocenters. The van der Waals surface area contributed by atoms with Gasteiger partial charge in [0.2, 0.25) is 0 Å². The maximum absolute atomic E-state index is 5.31. The van der Waals surface area contributed by atoms with Crippen molar-refractivity contribution in [3.63, 3.8) is 0 Å². The molecule has 3 heteroatoms. The monoisotopic (exact) mass is 327 g/mol. The summed E-state index contributed by atoms with van der Waals surface area (Å²) in [7, 11) is 1.71. The van der Waals surface area contributed by atoms with E-state index in [4.69, 9.17) is 4.74 Å². The molecule has 1 aromatic carbocycles. The number of benzene rings is 1. The summed E-state index contributed by atoms with van der Waals surface area (Å²) in [5, 5.41) is 3.59. The van der Waals surface area contributed by atoms with Gasteiger partial charge in [-0.25, -0.2) is 0 Å². The van der Waals surface area contributed by atoms with E-state index in [0.717, 1.165) is 29.6 Å². The molecule has 0 aliphatic carbocycles. The lowest BCUT2D eigenvalue weighted by molar-refractivity contribution is 0.309. The maximum atomic E-state index is 5.31. The molecule has 0 aliphatic rings. The minimum atomic E-state index is 0.332. The second-order valence-electron chi connectivity index (χ2n) is 6.18. The first kappa shape index (κ1) is 16.5. The fraction of sp³-hybridized carbons (Fsp3) is 0.625. The van der Waals surface area contributed by atoms with Crippen LogP contribution in [0, 0.1) is 5.41 Å². The summed E-state index contributed by atoms with van der Waals surface area (Å²) < 4.78 is 6.47. The van der Waals surface area contributed by atoms with Gasteiger partial charge in [-0.15, -0.1) is 0 Å². The summed E-state index contributed by atoms with van der Waals surface area (Å²) in [5.74, 6) is 0.921. The van der Waals surface area contributed by atoms with Crippen LogP contribution in [-0.2, 0) is 6.42 Å². The van der Waals surface area contributed by atoms with Gasteiger partial charge in [-0.3, -0.25) is 0 Å². The average Bonchev–Trinajstić information content (AvgIpc) is 2.30. The lowest BCUT2D eigenvalue weighted by Gasteiger charge is -2.27. The van der Waals surface area contributed by atoms with Crippen LogP contribution in [0.5, 0.6) is 5.75 Å². The highest BCUT2D eigenvalue weighted by molar-refractivity contribution is 9.10. The normalized spacial score (nSPS) is 13.4. The van der Waals surface area contributed by atoms with Crippen LogP contribution < -0.4 is 10.1 Å². The molecule has 0 aliphatic heterocycles. The zero-order valence-electron chi connectivity index (χ0n) is 12.7. The summed E-state index contributed by atoms with van der Waals surface area (Å²) in [6.45, 7) is 10.0. The molecule has 1 rings (SSSR count). The number of hydrogen-bond acceptors (Lipinski definition) is 2. The smallest absolute Gasteiger partial charge is 0.119 e. The van der Waals surface area contributed by atoms with Gasteiger partial charge in [0.1, 0.15) is 5.75 Å². The highest BCUT2D eigenvalue weighted by Gasteiger charge is 2.19. The molecule has 0 heterocycles. The number of ether oxygens (including phenoxy) is 1. The van der Waals surface area contributed by atoms with Crippen molar-refractivity contribution in [3.8, 4) is 5.75 Å². The van der Waals surface area contributed by atoms with Crippen molar-refractivity contribution >= 4 is 15.9 Å². The number of rotatable bonds is 6. The Hall–Kier alpha value is -0.540. The summed E-state index contributed by atoms with van der Waals surface area (Å²) in [6, 6.07) is 6.67. The number of halogens is 1. The molecule has 0 radical (unpaired) electrons. The summed E-state index contributed by atoms with van der Waals surface area (Å²) in [6.07, 6.45) is 2.17. The molecule has 0 fully saturated rings. The third kappa shape index (κ3) is 5.96. The van der Waals surface area contributed by atoms with Crippen LogP contribution in [0.3, 0.4) is 0 Å². The number of hydrogen-bond donors (Lipinski definition) is 1. The van der Waals surface area contributed by atoms with Crippen molar-refractivity contribution in [1.29, 1.82) is 0 Å². The Bertz CT molecular complexity index is 398. The van der Waals surface area contributed by atoms with Gasteiger partial charge in [0, 0.05) is 10.5 Å². The predicted octanol–water partition coefficient (Wildman–Crippen LogP) is 4.41. The highest BCUT2D eigenvalue weighted by atomic mass is 79.9. The van der Waals surface area contributed by atoms with Crippen molar-refractivity contribution in [2.24, 2.45) is 5.41 Å². The summed E-state index contributed by atoms with van der Waals surface area (Å²) in [4.78, 5) is 0. The summed E-state index contributed by atoms with van der Waals surface area (Å²) in [5.41, 5.74) is 1.63. The Kier molecular flexibility index (Phi) is 6.34. The van der Waals surface area contributed by atoms with E-state index in [1.165, 1.54) is 5.56 Å². The Balaban J connectivity index is 2.83. The van der Waals surface area contributed by atoms with Crippen LogP contribution in [0.25, 0.3) is 0 Å². The van der Waals surface area contributed by atoms with E-state index < -0.39 is 0 Å². The molecule has 19 heavy (non-hydrogen) atoms. The van der Waals surface area contributed by atoms with Gasteiger partial charge < -0.3 is 10.1 Å².